The molecule has 0 heterocycles. The van der Waals surface area contributed by atoms with Gasteiger partial charge >= 0.3 is 18.0 Å². The highest BCUT2D eigenvalue weighted by atomic mass is 16.6. The van der Waals surface area contributed by atoms with E-state index in [9.17, 15) is 14.4 Å². The van der Waals surface area contributed by atoms with Gasteiger partial charge in [0.1, 0.15) is 35.8 Å². The van der Waals surface area contributed by atoms with Crippen LogP contribution >= 0.6 is 0 Å². The van der Waals surface area contributed by atoms with Crippen LogP contribution in [0.3, 0.4) is 0 Å². The van der Waals surface area contributed by atoms with Crippen LogP contribution in [-0.2, 0) is 16.1 Å². The average Bonchev–Trinajstić information content (AvgIpc) is 2.91. The van der Waals surface area contributed by atoms with Crippen LogP contribution in [0.25, 0.3) is 0 Å². The molecule has 3 aromatic carbocycles. The summed E-state index contributed by atoms with van der Waals surface area (Å²) in [6.07, 6.45) is -0.522. The van der Waals surface area contributed by atoms with Gasteiger partial charge < -0.3 is 29.4 Å². The number of carbonyl (C=O) groups is 3. The summed E-state index contributed by atoms with van der Waals surface area (Å²) in [6.45, 7) is 5.00. The van der Waals surface area contributed by atoms with Crippen molar-refractivity contribution in [2.24, 2.45) is 0 Å². The van der Waals surface area contributed by atoms with E-state index < -0.39 is 18.0 Å². The van der Waals surface area contributed by atoms with Crippen LogP contribution in [0.2, 0.25) is 0 Å². The van der Waals surface area contributed by atoms with Gasteiger partial charge in [0.05, 0.1) is 19.8 Å². The number of esters is 1. The van der Waals surface area contributed by atoms with Gasteiger partial charge in [-0.05, 0) is 43.7 Å². The van der Waals surface area contributed by atoms with E-state index in [1.165, 1.54) is 6.07 Å². The van der Waals surface area contributed by atoms with Crippen LogP contribution < -0.4 is 14.8 Å². The maximum atomic E-state index is 11.8. The minimum absolute atomic E-state index is 0.205. The third-order valence-electron chi connectivity index (χ3n) is 4.64. The van der Waals surface area contributed by atoms with E-state index in [1.807, 2.05) is 37.3 Å². The van der Waals surface area contributed by atoms with Crippen molar-refractivity contribution in [2.45, 2.75) is 20.5 Å². The molecule has 2 N–H and O–H groups in total. The average molecular weight is 510 g/mol. The molecule has 0 spiro atoms. The summed E-state index contributed by atoms with van der Waals surface area (Å²) in [5, 5.41) is 11.3. The second-order valence-electron chi connectivity index (χ2n) is 7.29. The topological polar surface area (TPSA) is 120 Å². The Labute approximate surface area is 215 Å². The molecule has 0 radical (unpaired) electrons. The molecule has 0 aliphatic rings. The minimum Gasteiger partial charge on any atom is -0.493 e. The third-order valence-corrected chi connectivity index (χ3v) is 4.64. The summed E-state index contributed by atoms with van der Waals surface area (Å²) in [6, 6.07) is 22.8. The molecule has 3 rings (SSSR count). The van der Waals surface area contributed by atoms with Gasteiger partial charge in [0.15, 0.2) is 0 Å². The zero-order chi connectivity index (χ0) is 26.9. The Balaban J connectivity index is 0.000000335. The van der Waals surface area contributed by atoms with Gasteiger partial charge in [-0.1, -0.05) is 54.6 Å². The van der Waals surface area contributed by atoms with E-state index in [2.05, 4.69) is 5.32 Å². The van der Waals surface area contributed by atoms with Crippen molar-refractivity contribution in [2.75, 3.05) is 26.4 Å². The van der Waals surface area contributed by atoms with Crippen molar-refractivity contribution < 1.29 is 38.4 Å². The number of rotatable bonds is 11. The zero-order valence-electron chi connectivity index (χ0n) is 20.8. The third kappa shape index (κ3) is 10.3. The van der Waals surface area contributed by atoms with Crippen LogP contribution in [0.1, 0.15) is 40.1 Å². The first-order valence-corrected chi connectivity index (χ1v) is 11.7. The Bertz CT molecular complexity index is 1130. The number of alkyl carbamates (subject to hydrolysis) is 1. The molecule has 37 heavy (non-hydrogen) atoms. The Hall–Kier alpha value is -4.53. The fraction of sp³-hybridized carbons (Fsp3) is 0.250. The lowest BCUT2D eigenvalue weighted by Gasteiger charge is -2.11. The van der Waals surface area contributed by atoms with Crippen molar-refractivity contribution in [3.05, 3.63) is 95.6 Å². The smallest absolute Gasteiger partial charge is 0.407 e. The molecule has 9 heteroatoms. The van der Waals surface area contributed by atoms with Gasteiger partial charge in [0, 0.05) is 0 Å². The van der Waals surface area contributed by atoms with Gasteiger partial charge in [0.25, 0.3) is 0 Å². The Morgan fingerprint density at radius 1 is 0.730 bits per heavy atom. The van der Waals surface area contributed by atoms with E-state index in [1.54, 1.807) is 49.4 Å². The number of amides is 1. The number of ether oxygens (including phenoxy) is 4. The van der Waals surface area contributed by atoms with E-state index in [0.717, 1.165) is 5.56 Å². The van der Waals surface area contributed by atoms with Crippen molar-refractivity contribution in [3.63, 3.8) is 0 Å². The molecule has 0 unspecified atom stereocenters. The second-order valence-corrected chi connectivity index (χ2v) is 7.29. The van der Waals surface area contributed by atoms with Crippen LogP contribution in [0.15, 0.2) is 78.9 Å². The number of aromatic carboxylic acids is 1. The van der Waals surface area contributed by atoms with Gasteiger partial charge in [-0.15, -0.1) is 0 Å². The fourth-order valence-electron chi connectivity index (χ4n) is 2.98. The number of carbonyl (C=O) groups excluding carboxylic acids is 2. The Morgan fingerprint density at radius 3 is 1.95 bits per heavy atom. The molecular formula is C28H31NO8. The number of para-hydroxylation sites is 2. The van der Waals surface area contributed by atoms with Crippen molar-refractivity contribution in [1.29, 1.82) is 0 Å². The van der Waals surface area contributed by atoms with Crippen LogP contribution in [0.4, 0.5) is 4.79 Å². The SMILES string of the molecule is CCOC(=O)c1ccccc1OCCNC(=O)OCc1ccccc1.CCOc1ccccc1C(=O)O. The van der Waals surface area contributed by atoms with Gasteiger partial charge in [-0.25, -0.2) is 14.4 Å². The molecule has 0 saturated carbocycles. The first-order chi connectivity index (χ1) is 18.0. The summed E-state index contributed by atoms with van der Waals surface area (Å²) in [5.41, 5.74) is 1.48. The van der Waals surface area contributed by atoms with Crippen LogP contribution in [0, 0.1) is 0 Å². The van der Waals surface area contributed by atoms with Gasteiger partial charge in [-0.2, -0.15) is 0 Å². The summed E-state index contributed by atoms with van der Waals surface area (Å²) < 4.78 is 20.7. The number of hydrogen-bond acceptors (Lipinski definition) is 7. The van der Waals surface area contributed by atoms with Gasteiger partial charge in [-0.3, -0.25) is 0 Å². The molecule has 0 saturated heterocycles. The summed E-state index contributed by atoms with van der Waals surface area (Å²) >= 11 is 0. The highest BCUT2D eigenvalue weighted by Gasteiger charge is 2.13. The monoisotopic (exact) mass is 509 g/mol. The lowest BCUT2D eigenvalue weighted by molar-refractivity contribution is 0.0520. The molecular weight excluding hydrogens is 478 g/mol. The quantitative estimate of drug-likeness (QED) is 0.275. The van der Waals surface area contributed by atoms with Crippen molar-refractivity contribution in [1.82, 2.24) is 5.32 Å². The second kappa shape index (κ2) is 16.2. The molecule has 0 aromatic heterocycles. The van der Waals surface area contributed by atoms with Crippen molar-refractivity contribution >= 4 is 18.0 Å². The summed E-state index contributed by atoms with van der Waals surface area (Å²) in [5.74, 6) is -0.555. The molecule has 0 aliphatic heterocycles. The highest BCUT2D eigenvalue weighted by molar-refractivity contribution is 5.92. The number of benzene rings is 3. The molecule has 0 fully saturated rings. The van der Waals surface area contributed by atoms with Crippen molar-refractivity contribution in [3.8, 4) is 11.5 Å². The predicted octanol–water partition coefficient (Wildman–Crippen LogP) is 4.95. The first kappa shape index (κ1) is 28.7. The molecule has 1 amide bonds. The zero-order valence-corrected chi connectivity index (χ0v) is 20.8. The molecule has 0 bridgehead atoms. The van der Waals surface area contributed by atoms with Crippen LogP contribution in [0.5, 0.6) is 11.5 Å². The lowest BCUT2D eigenvalue weighted by atomic mass is 10.2. The summed E-state index contributed by atoms with van der Waals surface area (Å²) in [4.78, 5) is 34.1. The normalized spacial score (nSPS) is 9.78. The minimum atomic E-state index is -0.959. The van der Waals surface area contributed by atoms with E-state index in [-0.39, 0.29) is 25.3 Å². The fourth-order valence-corrected chi connectivity index (χ4v) is 2.98. The number of carboxylic acid groups (broad SMARTS) is 1. The molecule has 0 atom stereocenters. The maximum absolute atomic E-state index is 11.8. The number of nitrogens with one attached hydrogen (secondary N) is 1. The summed E-state index contributed by atoms with van der Waals surface area (Å²) in [7, 11) is 0. The largest absolute Gasteiger partial charge is 0.493 e. The maximum Gasteiger partial charge on any atom is 0.407 e. The standard InChI is InChI=1S/C19H21NO5.C9H10O3/c1-2-23-18(21)16-10-6-7-11-17(16)24-13-12-20-19(22)25-14-15-8-4-3-5-9-15;1-2-12-8-6-4-3-5-7(8)9(10)11/h3-11H,2,12-14H2,1H3,(H,20,22);3-6H,2H2,1H3,(H,10,11). The number of carboxylic acids is 1. The lowest BCUT2D eigenvalue weighted by Crippen LogP contribution is -2.28. The highest BCUT2D eigenvalue weighted by Crippen LogP contribution is 2.19. The molecule has 3 aromatic rings. The first-order valence-electron chi connectivity index (χ1n) is 11.7. The Kier molecular flexibility index (Phi) is 12.6. The van der Waals surface area contributed by atoms with Gasteiger partial charge in [0.2, 0.25) is 0 Å². The molecule has 196 valence electrons. The van der Waals surface area contributed by atoms with E-state index in [4.69, 9.17) is 24.1 Å². The predicted molar refractivity (Wildman–Crippen MR) is 137 cm³/mol. The Morgan fingerprint density at radius 2 is 1.32 bits per heavy atom. The van der Waals surface area contributed by atoms with E-state index >= 15 is 0 Å². The number of hydrogen-bond donors (Lipinski definition) is 2. The van der Waals surface area contributed by atoms with Crippen LogP contribution in [-0.4, -0.2) is 49.5 Å². The molecule has 9 nitrogen and oxygen atoms in total. The molecule has 0 aliphatic carbocycles. The van der Waals surface area contributed by atoms with E-state index in [0.29, 0.717) is 30.3 Å².